The van der Waals surface area contributed by atoms with Crippen molar-refractivity contribution in [3.05, 3.63) is 48.5 Å². The van der Waals surface area contributed by atoms with Crippen LogP contribution in [0.1, 0.15) is 24.8 Å². The van der Waals surface area contributed by atoms with E-state index >= 15 is 0 Å². The monoisotopic (exact) mass is 326 g/mol. The molecule has 0 spiro atoms. The topological polar surface area (TPSA) is 60.4 Å². The van der Waals surface area contributed by atoms with Crippen LogP contribution in [0.2, 0.25) is 0 Å². The van der Waals surface area contributed by atoms with E-state index in [9.17, 15) is 0 Å². The predicted molar refractivity (Wildman–Crippen MR) is 89.6 cm³/mol. The minimum Gasteiger partial charge on any atom is -0.374 e. The van der Waals surface area contributed by atoms with Gasteiger partial charge in [-0.15, -0.1) is 0 Å². The smallest absolute Gasteiger partial charge is 0.225 e. The number of rotatable bonds is 5. The van der Waals surface area contributed by atoms with E-state index in [2.05, 4.69) is 19.9 Å². The van der Waals surface area contributed by atoms with Crippen molar-refractivity contribution in [3.8, 4) is 0 Å². The number of aromatic nitrogens is 3. The van der Waals surface area contributed by atoms with Gasteiger partial charge in [0.05, 0.1) is 31.5 Å². The van der Waals surface area contributed by atoms with Crippen LogP contribution in [0.3, 0.4) is 0 Å². The Hall–Kier alpha value is -2.05. The molecule has 4 rings (SSSR count). The summed E-state index contributed by atoms with van der Waals surface area (Å²) in [5, 5.41) is 0. The first-order chi connectivity index (χ1) is 11.9. The molecule has 6 heteroatoms. The van der Waals surface area contributed by atoms with Crippen LogP contribution in [0.4, 0.5) is 5.95 Å². The number of nitrogens with zero attached hydrogens (tertiary/aromatic N) is 4. The number of ether oxygens (including phenoxy) is 2. The highest BCUT2D eigenvalue weighted by Gasteiger charge is 2.40. The van der Waals surface area contributed by atoms with Crippen molar-refractivity contribution >= 4 is 5.95 Å². The third kappa shape index (κ3) is 3.39. The SMILES string of the molecule is c1cnc(N2CC[C@H]3O[C@H](COCc4cccnc4)CC[C@H]32)nc1. The Balaban J connectivity index is 1.28. The number of fused-ring (bicyclic) bond motifs is 1. The summed E-state index contributed by atoms with van der Waals surface area (Å²) in [5.41, 5.74) is 1.10. The maximum Gasteiger partial charge on any atom is 0.225 e. The van der Waals surface area contributed by atoms with Crippen molar-refractivity contribution < 1.29 is 9.47 Å². The zero-order chi connectivity index (χ0) is 16.2. The summed E-state index contributed by atoms with van der Waals surface area (Å²) in [4.78, 5) is 15.2. The summed E-state index contributed by atoms with van der Waals surface area (Å²) in [6.45, 7) is 2.19. The third-order valence-corrected chi connectivity index (χ3v) is 4.74. The van der Waals surface area contributed by atoms with Gasteiger partial charge in [0.15, 0.2) is 0 Å². The van der Waals surface area contributed by atoms with E-state index in [4.69, 9.17) is 9.47 Å². The molecule has 3 atom stereocenters. The Morgan fingerprint density at radius 3 is 2.88 bits per heavy atom. The molecule has 6 nitrogen and oxygen atoms in total. The van der Waals surface area contributed by atoms with Crippen LogP contribution in [-0.4, -0.2) is 46.4 Å². The summed E-state index contributed by atoms with van der Waals surface area (Å²) in [6, 6.07) is 6.20. The van der Waals surface area contributed by atoms with Crippen molar-refractivity contribution in [3.63, 3.8) is 0 Å². The van der Waals surface area contributed by atoms with Crippen molar-refractivity contribution in [1.82, 2.24) is 15.0 Å². The lowest BCUT2D eigenvalue weighted by atomic mass is 9.99. The van der Waals surface area contributed by atoms with Crippen LogP contribution in [0.15, 0.2) is 43.0 Å². The molecule has 0 amide bonds. The molecular weight excluding hydrogens is 304 g/mol. The second-order valence-electron chi connectivity index (χ2n) is 6.35. The molecule has 2 aliphatic rings. The van der Waals surface area contributed by atoms with Gasteiger partial charge in [0.25, 0.3) is 0 Å². The molecule has 0 bridgehead atoms. The molecule has 4 heterocycles. The number of hydrogen-bond acceptors (Lipinski definition) is 6. The van der Waals surface area contributed by atoms with Crippen LogP contribution in [0.5, 0.6) is 0 Å². The molecule has 0 unspecified atom stereocenters. The van der Waals surface area contributed by atoms with E-state index in [1.807, 2.05) is 24.4 Å². The molecule has 126 valence electrons. The first-order valence-corrected chi connectivity index (χ1v) is 8.56. The summed E-state index contributed by atoms with van der Waals surface area (Å²) in [5.74, 6) is 0.819. The number of anilines is 1. The van der Waals surface area contributed by atoms with Crippen LogP contribution in [0, 0.1) is 0 Å². The van der Waals surface area contributed by atoms with Crippen LogP contribution in [0.25, 0.3) is 0 Å². The first-order valence-electron chi connectivity index (χ1n) is 8.56. The van der Waals surface area contributed by atoms with Crippen molar-refractivity contribution in [2.24, 2.45) is 0 Å². The van der Waals surface area contributed by atoms with E-state index in [1.165, 1.54) is 0 Å². The van der Waals surface area contributed by atoms with Gasteiger partial charge in [0.1, 0.15) is 0 Å². The van der Waals surface area contributed by atoms with Crippen molar-refractivity contribution in [2.45, 2.75) is 44.1 Å². The van der Waals surface area contributed by atoms with E-state index in [0.29, 0.717) is 19.3 Å². The highest BCUT2D eigenvalue weighted by molar-refractivity contribution is 5.34. The van der Waals surface area contributed by atoms with Gasteiger partial charge < -0.3 is 14.4 Å². The molecule has 0 N–H and O–H groups in total. The molecule has 0 aromatic carbocycles. The highest BCUT2D eigenvalue weighted by atomic mass is 16.5. The Labute approximate surface area is 141 Å². The molecule has 0 radical (unpaired) electrons. The number of pyridine rings is 1. The molecule has 24 heavy (non-hydrogen) atoms. The van der Waals surface area contributed by atoms with Crippen molar-refractivity contribution in [1.29, 1.82) is 0 Å². The quantitative estimate of drug-likeness (QED) is 0.839. The molecule has 2 aliphatic heterocycles. The Kier molecular flexibility index (Phi) is 4.66. The first kappa shape index (κ1) is 15.5. The van der Waals surface area contributed by atoms with Gasteiger partial charge in [-0.05, 0) is 37.0 Å². The molecule has 2 saturated heterocycles. The minimum atomic E-state index is 0.180. The second kappa shape index (κ2) is 7.23. The lowest BCUT2D eigenvalue weighted by molar-refractivity contribution is -0.0889. The zero-order valence-corrected chi connectivity index (χ0v) is 13.6. The standard InChI is InChI=1S/C18H22N4O2/c1-3-14(11-19-7-1)12-23-13-15-4-5-16-17(24-15)6-10-22(16)18-20-8-2-9-21-18/h1-3,7-9,11,15-17H,4-6,10,12-13H2/t15-,16+,17+/m0/s1. The molecule has 0 saturated carbocycles. The largest absolute Gasteiger partial charge is 0.374 e. The lowest BCUT2D eigenvalue weighted by Gasteiger charge is -2.35. The Morgan fingerprint density at radius 1 is 1.12 bits per heavy atom. The van der Waals surface area contributed by atoms with Gasteiger partial charge in [-0.3, -0.25) is 4.98 Å². The maximum atomic E-state index is 6.26. The normalized spacial score (nSPS) is 26.3. The lowest BCUT2D eigenvalue weighted by Crippen LogP contribution is -2.44. The predicted octanol–water partition coefficient (Wildman–Crippen LogP) is 2.21. The van der Waals surface area contributed by atoms with Crippen LogP contribution in [-0.2, 0) is 16.1 Å². The fraction of sp³-hybridized carbons (Fsp3) is 0.500. The van der Waals surface area contributed by atoms with Gasteiger partial charge >= 0.3 is 0 Å². The van der Waals surface area contributed by atoms with Gasteiger partial charge in [-0.1, -0.05) is 6.07 Å². The molecule has 2 aromatic rings. The average Bonchev–Trinajstić information content (AvgIpc) is 3.07. The fourth-order valence-electron chi connectivity index (χ4n) is 3.60. The second-order valence-corrected chi connectivity index (χ2v) is 6.35. The molecule has 2 aromatic heterocycles. The number of hydrogen-bond donors (Lipinski definition) is 0. The average molecular weight is 326 g/mol. The van der Waals surface area contributed by atoms with E-state index in [0.717, 1.165) is 37.3 Å². The Bertz CT molecular complexity index is 640. The van der Waals surface area contributed by atoms with Gasteiger partial charge in [-0.2, -0.15) is 0 Å². The van der Waals surface area contributed by atoms with Gasteiger partial charge in [-0.25, -0.2) is 9.97 Å². The zero-order valence-electron chi connectivity index (χ0n) is 13.6. The Morgan fingerprint density at radius 2 is 2.04 bits per heavy atom. The van der Waals surface area contributed by atoms with Crippen LogP contribution < -0.4 is 4.90 Å². The van der Waals surface area contributed by atoms with E-state index in [-0.39, 0.29) is 12.2 Å². The van der Waals surface area contributed by atoms with Crippen molar-refractivity contribution in [2.75, 3.05) is 18.1 Å². The summed E-state index contributed by atoms with van der Waals surface area (Å²) in [6.07, 6.45) is 10.8. The van der Waals surface area contributed by atoms with Gasteiger partial charge in [0.2, 0.25) is 5.95 Å². The van der Waals surface area contributed by atoms with E-state index in [1.54, 1.807) is 18.6 Å². The summed E-state index contributed by atoms with van der Waals surface area (Å²) < 4.78 is 12.1. The highest BCUT2D eigenvalue weighted by Crippen LogP contribution is 2.33. The summed E-state index contributed by atoms with van der Waals surface area (Å²) in [7, 11) is 0. The summed E-state index contributed by atoms with van der Waals surface area (Å²) >= 11 is 0. The maximum absolute atomic E-state index is 6.26. The molecular formula is C18H22N4O2. The minimum absolute atomic E-state index is 0.180. The van der Waals surface area contributed by atoms with Gasteiger partial charge in [0, 0.05) is 31.3 Å². The third-order valence-electron chi connectivity index (χ3n) is 4.74. The molecule has 0 aliphatic carbocycles. The fourth-order valence-corrected chi connectivity index (χ4v) is 3.60. The van der Waals surface area contributed by atoms with Crippen LogP contribution >= 0.6 is 0 Å². The van der Waals surface area contributed by atoms with E-state index < -0.39 is 0 Å². The molecule has 2 fully saturated rings.